The van der Waals surface area contributed by atoms with Crippen LogP contribution in [0.3, 0.4) is 0 Å². The van der Waals surface area contributed by atoms with E-state index in [1.54, 1.807) is 23.3 Å². The molecule has 0 spiro atoms. The Hall–Kier alpha value is -2.65. The molecule has 2 amide bonds. The number of nitrogens with zero attached hydrogens (tertiary/aromatic N) is 1. The minimum atomic E-state index is -1.18. The van der Waals surface area contributed by atoms with Gasteiger partial charge in [0.25, 0.3) is 11.8 Å². The summed E-state index contributed by atoms with van der Waals surface area (Å²) in [6.45, 7) is 3.80. The van der Waals surface area contributed by atoms with Gasteiger partial charge >= 0.3 is 5.97 Å². The predicted molar refractivity (Wildman–Crippen MR) is 129 cm³/mol. The fraction of sp³-hybridized carbons (Fsp3) is 0.375. The van der Waals surface area contributed by atoms with E-state index in [1.165, 1.54) is 23.5 Å². The second kappa shape index (κ2) is 9.30. The molecule has 2 saturated heterocycles. The second-order valence-electron chi connectivity index (χ2n) is 8.28. The van der Waals surface area contributed by atoms with E-state index >= 15 is 0 Å². The topological polar surface area (TPSA) is 84.9 Å². The Morgan fingerprint density at radius 2 is 1.73 bits per heavy atom. The molecular formula is C24H26N2O5S2. The van der Waals surface area contributed by atoms with Crippen molar-refractivity contribution in [3.05, 3.63) is 66.2 Å². The second-order valence-corrected chi connectivity index (χ2v) is 11.0. The van der Waals surface area contributed by atoms with Gasteiger partial charge in [0.1, 0.15) is 23.8 Å². The molecule has 2 aromatic rings. The first-order chi connectivity index (χ1) is 15.8. The highest BCUT2D eigenvalue weighted by Gasteiger charge is 2.73. The van der Waals surface area contributed by atoms with Gasteiger partial charge in [0.05, 0.1) is 4.75 Å². The number of esters is 1. The number of para-hydroxylation sites is 1. The van der Waals surface area contributed by atoms with Crippen molar-refractivity contribution in [3.8, 4) is 5.75 Å². The van der Waals surface area contributed by atoms with Crippen molar-refractivity contribution in [1.82, 2.24) is 10.2 Å². The molecule has 33 heavy (non-hydrogen) atoms. The van der Waals surface area contributed by atoms with Crippen LogP contribution in [0.4, 0.5) is 0 Å². The van der Waals surface area contributed by atoms with Gasteiger partial charge in [-0.25, -0.2) is 4.79 Å². The van der Waals surface area contributed by atoms with Crippen LogP contribution in [0, 0.1) is 0 Å². The Kier molecular flexibility index (Phi) is 6.63. The summed E-state index contributed by atoms with van der Waals surface area (Å²) >= 11 is 2.79. The van der Waals surface area contributed by atoms with E-state index in [9.17, 15) is 14.4 Å². The largest absolute Gasteiger partial charge is 0.484 e. The SMILES string of the molecule is CS[C@@]1(C(=O)OCc2ccccc2)N2C(=O)[C@H](NC(=O)COc3ccccc3)[C@H]2SC1(C)C. The Labute approximate surface area is 201 Å². The van der Waals surface area contributed by atoms with Crippen molar-refractivity contribution in [3.63, 3.8) is 0 Å². The van der Waals surface area contributed by atoms with Gasteiger partial charge in [-0.15, -0.1) is 23.5 Å². The van der Waals surface area contributed by atoms with Gasteiger partial charge in [0, 0.05) is 0 Å². The summed E-state index contributed by atoms with van der Waals surface area (Å²) in [5.74, 6) is -0.557. The minimum Gasteiger partial charge on any atom is -0.484 e. The van der Waals surface area contributed by atoms with Crippen molar-refractivity contribution in [1.29, 1.82) is 0 Å². The van der Waals surface area contributed by atoms with E-state index in [0.717, 1.165) is 5.56 Å². The Morgan fingerprint density at radius 3 is 2.36 bits per heavy atom. The number of benzene rings is 2. The number of thioether (sulfide) groups is 2. The van der Waals surface area contributed by atoms with Crippen molar-refractivity contribution >= 4 is 41.3 Å². The van der Waals surface area contributed by atoms with Crippen LogP contribution >= 0.6 is 23.5 Å². The van der Waals surface area contributed by atoms with Crippen molar-refractivity contribution in [2.75, 3.05) is 12.9 Å². The molecule has 0 saturated carbocycles. The van der Waals surface area contributed by atoms with E-state index < -0.39 is 21.6 Å². The molecule has 3 atom stereocenters. The number of nitrogens with one attached hydrogen (secondary N) is 1. The van der Waals surface area contributed by atoms with Gasteiger partial charge in [-0.2, -0.15) is 0 Å². The molecule has 2 aliphatic heterocycles. The molecule has 0 bridgehead atoms. The van der Waals surface area contributed by atoms with Crippen LogP contribution in [0.15, 0.2) is 60.7 Å². The van der Waals surface area contributed by atoms with Gasteiger partial charge in [-0.3, -0.25) is 9.59 Å². The van der Waals surface area contributed by atoms with Crippen LogP contribution in [0.5, 0.6) is 5.75 Å². The Bertz CT molecular complexity index is 1030. The maximum atomic E-state index is 13.4. The van der Waals surface area contributed by atoms with E-state index in [1.807, 2.05) is 62.4 Å². The molecule has 174 valence electrons. The summed E-state index contributed by atoms with van der Waals surface area (Å²) in [5.41, 5.74) is 0.876. The first-order valence-corrected chi connectivity index (χ1v) is 12.6. The molecule has 2 heterocycles. The zero-order chi connectivity index (χ0) is 23.6. The lowest BCUT2D eigenvalue weighted by Crippen LogP contribution is -2.74. The van der Waals surface area contributed by atoms with Crippen molar-refractivity contribution in [2.24, 2.45) is 0 Å². The molecule has 0 aliphatic carbocycles. The third-order valence-electron chi connectivity index (χ3n) is 5.83. The van der Waals surface area contributed by atoms with Crippen molar-refractivity contribution < 1.29 is 23.9 Å². The van der Waals surface area contributed by atoms with E-state index in [4.69, 9.17) is 9.47 Å². The number of hydrogen-bond acceptors (Lipinski definition) is 7. The highest BCUT2D eigenvalue weighted by Crippen LogP contribution is 2.60. The standard InChI is InChI=1S/C24H26N2O5S2/c1-23(2)24(32-3,22(29)31-14-16-10-6-4-7-11-16)26-20(28)19(21(26)33-23)25-18(27)15-30-17-12-8-5-9-13-17/h4-13,19,21H,14-15H2,1-3H3,(H,25,27)/t19-,21+,24+/m0/s1. The van der Waals surface area contributed by atoms with Crippen LogP contribution in [0.1, 0.15) is 19.4 Å². The molecule has 0 radical (unpaired) electrons. The van der Waals surface area contributed by atoms with Gasteiger partial charge in [-0.05, 0) is 37.8 Å². The van der Waals surface area contributed by atoms with Crippen LogP contribution in [-0.2, 0) is 25.7 Å². The van der Waals surface area contributed by atoms with Gasteiger partial charge in [0.15, 0.2) is 6.61 Å². The molecule has 9 heteroatoms. The molecule has 1 N–H and O–H groups in total. The van der Waals surface area contributed by atoms with Crippen LogP contribution in [-0.4, -0.2) is 56.6 Å². The quantitative estimate of drug-likeness (QED) is 0.453. The summed E-state index contributed by atoms with van der Waals surface area (Å²) in [6.07, 6.45) is 1.81. The molecule has 0 unspecified atom stereocenters. The van der Waals surface area contributed by atoms with E-state index in [-0.39, 0.29) is 30.4 Å². The van der Waals surface area contributed by atoms with Crippen LogP contribution in [0.25, 0.3) is 0 Å². The zero-order valence-corrected chi connectivity index (χ0v) is 20.3. The Balaban J connectivity index is 1.43. The number of β-lactam (4-membered cyclic amide) rings is 1. The maximum absolute atomic E-state index is 13.4. The fourth-order valence-corrected chi connectivity index (χ4v) is 7.41. The third-order valence-corrected chi connectivity index (χ3v) is 9.03. The lowest BCUT2D eigenvalue weighted by molar-refractivity contribution is -0.168. The highest BCUT2D eigenvalue weighted by molar-refractivity contribution is 8.06. The number of amides is 2. The van der Waals surface area contributed by atoms with Gasteiger partial charge < -0.3 is 19.7 Å². The number of hydrogen-bond donors (Lipinski definition) is 1. The van der Waals surface area contributed by atoms with Gasteiger partial charge in [0.2, 0.25) is 4.87 Å². The summed E-state index contributed by atoms with van der Waals surface area (Å²) in [4.78, 5) is 39.3. The molecular weight excluding hydrogens is 460 g/mol. The highest BCUT2D eigenvalue weighted by atomic mass is 32.2. The monoisotopic (exact) mass is 486 g/mol. The van der Waals surface area contributed by atoms with E-state index in [2.05, 4.69) is 5.32 Å². The summed E-state index contributed by atoms with van der Waals surface area (Å²) in [5, 5.41) is 2.41. The van der Waals surface area contributed by atoms with Gasteiger partial charge in [-0.1, -0.05) is 48.5 Å². The third kappa shape index (κ3) is 4.19. The first-order valence-electron chi connectivity index (χ1n) is 10.5. The lowest BCUT2D eigenvalue weighted by Gasteiger charge is -2.49. The fourth-order valence-electron chi connectivity index (χ4n) is 4.20. The number of rotatable bonds is 8. The Morgan fingerprint density at radius 1 is 1.09 bits per heavy atom. The molecule has 2 aromatic carbocycles. The minimum absolute atomic E-state index is 0.131. The average Bonchev–Trinajstić information content (AvgIpc) is 3.05. The number of carbonyl (C=O) groups excluding carboxylic acids is 3. The summed E-state index contributed by atoms with van der Waals surface area (Å²) < 4.78 is 10.5. The number of carbonyl (C=O) groups is 3. The number of ether oxygens (including phenoxy) is 2. The molecule has 2 fully saturated rings. The zero-order valence-electron chi connectivity index (χ0n) is 18.6. The van der Waals surface area contributed by atoms with Crippen LogP contribution in [0.2, 0.25) is 0 Å². The predicted octanol–water partition coefficient (Wildman–Crippen LogP) is 3.05. The maximum Gasteiger partial charge on any atom is 0.344 e. The van der Waals surface area contributed by atoms with Crippen LogP contribution < -0.4 is 10.1 Å². The number of fused-ring (bicyclic) bond motifs is 1. The molecule has 7 nitrogen and oxygen atoms in total. The first kappa shape index (κ1) is 23.5. The summed E-state index contributed by atoms with van der Waals surface area (Å²) in [6, 6.07) is 17.7. The summed E-state index contributed by atoms with van der Waals surface area (Å²) in [7, 11) is 0. The van der Waals surface area contributed by atoms with Crippen molar-refractivity contribution in [2.45, 2.75) is 41.5 Å². The average molecular weight is 487 g/mol. The molecule has 4 rings (SSSR count). The normalized spacial score (nSPS) is 25.1. The molecule has 0 aromatic heterocycles. The molecule has 2 aliphatic rings. The lowest BCUT2D eigenvalue weighted by atomic mass is 9.95. The van der Waals surface area contributed by atoms with E-state index in [0.29, 0.717) is 5.75 Å². The smallest absolute Gasteiger partial charge is 0.344 e.